The van der Waals surface area contributed by atoms with Crippen LogP contribution in [0.4, 0.5) is 11.5 Å². The van der Waals surface area contributed by atoms with Gasteiger partial charge in [-0.15, -0.1) is 0 Å². The second-order valence-electron chi connectivity index (χ2n) is 4.62. The number of rotatable bonds is 3. The molecule has 1 fully saturated rings. The normalized spacial score (nSPS) is 24.1. The first-order chi connectivity index (χ1) is 8.65. The molecule has 100 valence electrons. The molecule has 5 heteroatoms. The minimum Gasteiger partial charge on any atom is -0.481 e. The Kier molecular flexibility index (Phi) is 3.91. The van der Waals surface area contributed by atoms with Crippen molar-refractivity contribution in [2.24, 2.45) is 0 Å². The molecule has 1 saturated heterocycles. The monoisotopic (exact) mass is 251 g/mol. The number of aromatic nitrogens is 1. The minimum absolute atomic E-state index is 0.195. The van der Waals surface area contributed by atoms with Gasteiger partial charge in [-0.3, -0.25) is 0 Å². The van der Waals surface area contributed by atoms with Gasteiger partial charge in [-0.2, -0.15) is 4.98 Å². The molecule has 1 aromatic rings. The Morgan fingerprint density at radius 3 is 3.00 bits per heavy atom. The van der Waals surface area contributed by atoms with Crippen molar-refractivity contribution in [2.45, 2.75) is 32.4 Å². The molecule has 1 aromatic heterocycles. The third kappa shape index (κ3) is 2.51. The van der Waals surface area contributed by atoms with Crippen molar-refractivity contribution < 1.29 is 9.47 Å². The van der Waals surface area contributed by atoms with E-state index in [-0.39, 0.29) is 6.10 Å². The second-order valence-corrected chi connectivity index (χ2v) is 4.62. The molecule has 0 aliphatic carbocycles. The van der Waals surface area contributed by atoms with Gasteiger partial charge in [-0.25, -0.2) is 0 Å². The summed E-state index contributed by atoms with van der Waals surface area (Å²) < 4.78 is 10.9. The maximum Gasteiger partial charge on any atom is 0.215 e. The molecule has 5 nitrogen and oxygen atoms in total. The van der Waals surface area contributed by atoms with Crippen molar-refractivity contribution in [1.29, 1.82) is 0 Å². The molecule has 0 aromatic carbocycles. The maximum atomic E-state index is 6.04. The van der Waals surface area contributed by atoms with Crippen LogP contribution in [0.15, 0.2) is 12.1 Å². The molecule has 0 saturated carbocycles. The molecular weight excluding hydrogens is 230 g/mol. The van der Waals surface area contributed by atoms with Crippen LogP contribution in [0.1, 0.15) is 20.3 Å². The lowest BCUT2D eigenvalue weighted by Gasteiger charge is -2.39. The SMILES string of the molecule is CCC1COC(C)CN1c1nc(OC)ccc1N. The van der Waals surface area contributed by atoms with Gasteiger partial charge >= 0.3 is 0 Å². The average molecular weight is 251 g/mol. The third-order valence-corrected chi connectivity index (χ3v) is 3.30. The van der Waals surface area contributed by atoms with E-state index in [9.17, 15) is 0 Å². The Morgan fingerprint density at radius 1 is 1.56 bits per heavy atom. The van der Waals surface area contributed by atoms with Gasteiger partial charge in [0.1, 0.15) is 0 Å². The smallest absolute Gasteiger partial charge is 0.215 e. The minimum atomic E-state index is 0.195. The summed E-state index contributed by atoms with van der Waals surface area (Å²) >= 11 is 0. The van der Waals surface area contributed by atoms with Crippen molar-refractivity contribution in [3.05, 3.63) is 12.1 Å². The predicted molar refractivity (Wildman–Crippen MR) is 72.0 cm³/mol. The van der Waals surface area contributed by atoms with Crippen LogP contribution in [0.2, 0.25) is 0 Å². The molecule has 2 rings (SSSR count). The van der Waals surface area contributed by atoms with Crippen molar-refractivity contribution in [1.82, 2.24) is 4.98 Å². The third-order valence-electron chi connectivity index (χ3n) is 3.30. The largest absolute Gasteiger partial charge is 0.481 e. The number of pyridine rings is 1. The van der Waals surface area contributed by atoms with Crippen LogP contribution in [-0.4, -0.2) is 37.4 Å². The van der Waals surface area contributed by atoms with E-state index >= 15 is 0 Å². The topological polar surface area (TPSA) is 60.6 Å². The van der Waals surface area contributed by atoms with E-state index in [4.69, 9.17) is 15.2 Å². The van der Waals surface area contributed by atoms with Crippen LogP contribution in [-0.2, 0) is 4.74 Å². The molecule has 0 radical (unpaired) electrons. The molecule has 18 heavy (non-hydrogen) atoms. The zero-order chi connectivity index (χ0) is 13.1. The Bertz CT molecular complexity index is 411. The summed E-state index contributed by atoms with van der Waals surface area (Å²) in [6.07, 6.45) is 1.20. The molecule has 1 aliphatic rings. The van der Waals surface area contributed by atoms with E-state index in [1.807, 2.05) is 6.07 Å². The van der Waals surface area contributed by atoms with Crippen molar-refractivity contribution >= 4 is 11.5 Å². The quantitative estimate of drug-likeness (QED) is 0.885. The van der Waals surface area contributed by atoms with Gasteiger partial charge in [0.2, 0.25) is 5.88 Å². The van der Waals surface area contributed by atoms with Crippen molar-refractivity contribution in [3.63, 3.8) is 0 Å². The summed E-state index contributed by atoms with van der Waals surface area (Å²) in [5.41, 5.74) is 6.72. The van der Waals surface area contributed by atoms with Gasteiger partial charge in [0.15, 0.2) is 5.82 Å². The summed E-state index contributed by atoms with van der Waals surface area (Å²) in [7, 11) is 1.61. The number of nitrogens with zero attached hydrogens (tertiary/aromatic N) is 2. The van der Waals surface area contributed by atoms with Gasteiger partial charge in [0, 0.05) is 12.6 Å². The summed E-state index contributed by atoms with van der Waals surface area (Å²) in [5, 5.41) is 0. The molecule has 2 atom stereocenters. The molecule has 0 amide bonds. The number of ether oxygens (including phenoxy) is 2. The Hall–Kier alpha value is -1.49. The number of hydrogen-bond acceptors (Lipinski definition) is 5. The average Bonchev–Trinajstić information content (AvgIpc) is 2.39. The number of hydrogen-bond donors (Lipinski definition) is 1. The fourth-order valence-electron chi connectivity index (χ4n) is 2.23. The highest BCUT2D eigenvalue weighted by molar-refractivity contribution is 5.64. The van der Waals surface area contributed by atoms with Crippen LogP contribution in [0.3, 0.4) is 0 Å². The fourth-order valence-corrected chi connectivity index (χ4v) is 2.23. The zero-order valence-electron chi connectivity index (χ0n) is 11.2. The van der Waals surface area contributed by atoms with Gasteiger partial charge in [-0.05, 0) is 19.4 Å². The first-order valence-electron chi connectivity index (χ1n) is 6.34. The summed E-state index contributed by atoms with van der Waals surface area (Å²) in [4.78, 5) is 6.70. The molecule has 0 spiro atoms. The number of morpholine rings is 1. The Morgan fingerprint density at radius 2 is 2.33 bits per heavy atom. The van der Waals surface area contributed by atoms with E-state index in [1.54, 1.807) is 13.2 Å². The lowest BCUT2D eigenvalue weighted by atomic mass is 10.1. The van der Waals surface area contributed by atoms with Crippen molar-refractivity contribution in [3.8, 4) is 5.88 Å². The number of nitrogen functional groups attached to an aromatic ring is 1. The van der Waals surface area contributed by atoms with E-state index < -0.39 is 0 Å². The van der Waals surface area contributed by atoms with Gasteiger partial charge < -0.3 is 20.1 Å². The number of nitrogens with two attached hydrogens (primary N) is 1. The fraction of sp³-hybridized carbons (Fsp3) is 0.615. The van der Waals surface area contributed by atoms with Crippen LogP contribution in [0, 0.1) is 0 Å². The Balaban J connectivity index is 2.32. The lowest BCUT2D eigenvalue weighted by molar-refractivity contribution is 0.0296. The van der Waals surface area contributed by atoms with Gasteiger partial charge in [-0.1, -0.05) is 6.92 Å². The second kappa shape index (κ2) is 5.44. The molecule has 0 bridgehead atoms. The molecule has 2 heterocycles. The van der Waals surface area contributed by atoms with E-state index in [0.717, 1.165) is 25.4 Å². The van der Waals surface area contributed by atoms with Gasteiger partial charge in [0.25, 0.3) is 0 Å². The number of methoxy groups -OCH3 is 1. The van der Waals surface area contributed by atoms with Crippen molar-refractivity contribution in [2.75, 3.05) is 30.9 Å². The van der Waals surface area contributed by atoms with E-state index in [1.165, 1.54) is 0 Å². The summed E-state index contributed by atoms with van der Waals surface area (Å²) in [5.74, 6) is 1.39. The highest BCUT2D eigenvalue weighted by atomic mass is 16.5. The van der Waals surface area contributed by atoms with Crippen LogP contribution in [0.5, 0.6) is 5.88 Å². The number of anilines is 2. The highest BCUT2D eigenvalue weighted by Crippen LogP contribution is 2.28. The first-order valence-corrected chi connectivity index (χ1v) is 6.34. The van der Waals surface area contributed by atoms with E-state index in [0.29, 0.717) is 17.6 Å². The molecule has 2 N–H and O–H groups in total. The summed E-state index contributed by atoms with van der Waals surface area (Å²) in [6.45, 7) is 5.74. The Labute approximate surface area is 108 Å². The highest BCUT2D eigenvalue weighted by Gasteiger charge is 2.28. The van der Waals surface area contributed by atoms with Crippen LogP contribution >= 0.6 is 0 Å². The predicted octanol–water partition coefficient (Wildman–Crippen LogP) is 1.68. The lowest BCUT2D eigenvalue weighted by Crippen LogP contribution is -2.49. The zero-order valence-corrected chi connectivity index (χ0v) is 11.2. The first kappa shape index (κ1) is 13.0. The van der Waals surface area contributed by atoms with Crippen LogP contribution < -0.4 is 15.4 Å². The molecular formula is C13H21N3O2. The standard InChI is InChI=1S/C13H21N3O2/c1-4-10-8-18-9(2)7-16(10)13-11(14)5-6-12(15-13)17-3/h5-6,9-10H,4,7-8,14H2,1-3H3. The molecule has 1 aliphatic heterocycles. The maximum absolute atomic E-state index is 6.04. The van der Waals surface area contributed by atoms with Gasteiger partial charge in [0.05, 0.1) is 31.5 Å². The molecule has 2 unspecified atom stereocenters. The summed E-state index contributed by atoms with van der Waals surface area (Å²) in [6, 6.07) is 3.95. The van der Waals surface area contributed by atoms with E-state index in [2.05, 4.69) is 23.7 Å². The van der Waals surface area contributed by atoms with Crippen LogP contribution in [0.25, 0.3) is 0 Å².